The van der Waals surface area contributed by atoms with E-state index in [0.29, 0.717) is 52.9 Å². The van der Waals surface area contributed by atoms with Gasteiger partial charge in [-0.25, -0.2) is 9.59 Å². The molecule has 0 aliphatic carbocycles. The van der Waals surface area contributed by atoms with Crippen LogP contribution in [0.4, 0.5) is 17.1 Å². The Bertz CT molecular complexity index is 2490. The van der Waals surface area contributed by atoms with Crippen LogP contribution in [0.15, 0.2) is 137 Å². The maximum atomic E-state index is 15.0. The van der Waals surface area contributed by atoms with Crippen LogP contribution in [0.25, 0.3) is 22.5 Å². The normalized spacial score (nSPS) is 14.6. The molecule has 2 aliphatic heterocycles. The van der Waals surface area contributed by atoms with Gasteiger partial charge in [0.1, 0.15) is 0 Å². The first-order valence-corrected chi connectivity index (χ1v) is 23.3. The number of carboxylic acids is 2. The molecule has 10 heteroatoms. The molecule has 2 amide bonds. The van der Waals surface area contributed by atoms with Crippen molar-refractivity contribution in [2.75, 3.05) is 18.0 Å². The lowest BCUT2D eigenvalue weighted by Gasteiger charge is -2.29. The van der Waals surface area contributed by atoms with Crippen molar-refractivity contribution in [1.82, 2.24) is 9.80 Å². The lowest BCUT2D eigenvalue weighted by molar-refractivity contribution is -0.124. The van der Waals surface area contributed by atoms with Gasteiger partial charge in [-0.15, -0.1) is 0 Å². The molecule has 2 atom stereocenters. The second-order valence-corrected chi connectivity index (χ2v) is 17.7. The minimum atomic E-state index is -1.03. The summed E-state index contributed by atoms with van der Waals surface area (Å²) in [4.78, 5) is 59.0. The SMILES string of the molecule is CCCCC(CC)CN1C(=O)C2=C(c3ccc(-c4ccc(N(c5ccc(C(=O)O)cc5)c5ccc(C(=O)O)cc5)cc4)cc3)N(CC(CC)CCCC)C(=O)C2=C1c1ccc(Br)cc1. The first-order chi connectivity index (χ1) is 31.0. The minimum Gasteiger partial charge on any atom is -0.478 e. The molecular formula is C54H56BrN3O6. The van der Waals surface area contributed by atoms with Crippen molar-refractivity contribution in [3.05, 3.63) is 159 Å². The highest BCUT2D eigenvalue weighted by atomic mass is 79.9. The van der Waals surface area contributed by atoms with E-state index in [9.17, 15) is 19.8 Å². The molecule has 2 unspecified atom stereocenters. The van der Waals surface area contributed by atoms with Gasteiger partial charge >= 0.3 is 11.9 Å². The first kappa shape index (κ1) is 45.8. The molecule has 330 valence electrons. The van der Waals surface area contributed by atoms with Gasteiger partial charge in [0.2, 0.25) is 0 Å². The zero-order valence-corrected chi connectivity index (χ0v) is 38.6. The lowest BCUT2D eigenvalue weighted by Crippen LogP contribution is -2.34. The molecule has 0 saturated heterocycles. The fraction of sp³-hybridized carbons (Fsp3) is 0.296. The first-order valence-electron chi connectivity index (χ1n) is 22.5. The van der Waals surface area contributed by atoms with Gasteiger partial charge in [0.05, 0.1) is 33.7 Å². The van der Waals surface area contributed by atoms with Crippen molar-refractivity contribution >= 4 is 68.1 Å². The molecule has 2 heterocycles. The van der Waals surface area contributed by atoms with Crippen LogP contribution in [0.1, 0.15) is 111 Å². The summed E-state index contributed by atoms with van der Waals surface area (Å²) >= 11 is 3.58. The highest BCUT2D eigenvalue weighted by Gasteiger charge is 2.49. The Morgan fingerprint density at radius 3 is 1.19 bits per heavy atom. The van der Waals surface area contributed by atoms with Crippen LogP contribution in [-0.2, 0) is 9.59 Å². The highest BCUT2D eigenvalue weighted by Crippen LogP contribution is 2.48. The van der Waals surface area contributed by atoms with E-state index in [2.05, 4.69) is 43.6 Å². The molecule has 0 bridgehead atoms. The Balaban J connectivity index is 1.28. The summed E-state index contributed by atoms with van der Waals surface area (Å²) in [7, 11) is 0. The second kappa shape index (κ2) is 20.5. The van der Waals surface area contributed by atoms with Crippen molar-refractivity contribution < 1.29 is 29.4 Å². The molecule has 7 rings (SSSR count). The number of nitrogens with zero attached hydrogens (tertiary/aromatic N) is 3. The van der Waals surface area contributed by atoms with E-state index in [4.69, 9.17) is 0 Å². The number of carbonyl (C=O) groups excluding carboxylic acids is 2. The fourth-order valence-corrected chi connectivity index (χ4v) is 9.14. The Morgan fingerprint density at radius 1 is 0.516 bits per heavy atom. The summed E-state index contributed by atoms with van der Waals surface area (Å²) in [6.07, 6.45) is 8.19. The second-order valence-electron chi connectivity index (χ2n) is 16.8. The fourth-order valence-electron chi connectivity index (χ4n) is 8.88. The van der Waals surface area contributed by atoms with Crippen molar-refractivity contribution in [1.29, 1.82) is 0 Å². The summed E-state index contributed by atoms with van der Waals surface area (Å²) < 4.78 is 0.927. The quantitative estimate of drug-likeness (QED) is 0.0798. The van der Waals surface area contributed by atoms with Gasteiger partial charge in [-0.1, -0.05) is 131 Å². The summed E-state index contributed by atoms with van der Waals surface area (Å²) in [5.74, 6) is -1.70. The van der Waals surface area contributed by atoms with Crippen LogP contribution in [0, 0.1) is 11.8 Å². The van der Waals surface area contributed by atoms with E-state index in [1.165, 1.54) is 0 Å². The summed E-state index contributed by atoms with van der Waals surface area (Å²) in [6.45, 7) is 9.82. The minimum absolute atomic E-state index is 0.116. The van der Waals surface area contributed by atoms with Crippen LogP contribution in [0.3, 0.4) is 0 Å². The van der Waals surface area contributed by atoms with Crippen molar-refractivity contribution in [2.45, 2.75) is 79.1 Å². The van der Waals surface area contributed by atoms with Gasteiger partial charge < -0.3 is 24.9 Å². The van der Waals surface area contributed by atoms with E-state index in [-0.39, 0.29) is 28.9 Å². The molecular weight excluding hydrogens is 867 g/mol. The average Bonchev–Trinajstić information content (AvgIpc) is 3.75. The summed E-state index contributed by atoms with van der Waals surface area (Å²) in [5, 5.41) is 19.0. The Hall–Kier alpha value is -6.26. The number of halogens is 1. The smallest absolute Gasteiger partial charge is 0.335 e. The molecule has 0 saturated carbocycles. The maximum Gasteiger partial charge on any atom is 0.335 e. The molecule has 0 spiro atoms. The molecule has 9 nitrogen and oxygen atoms in total. The van der Waals surface area contributed by atoms with Crippen LogP contribution < -0.4 is 4.90 Å². The largest absolute Gasteiger partial charge is 0.478 e. The monoisotopic (exact) mass is 921 g/mol. The van der Waals surface area contributed by atoms with E-state index in [0.717, 1.165) is 83.8 Å². The highest BCUT2D eigenvalue weighted by molar-refractivity contribution is 9.10. The lowest BCUT2D eigenvalue weighted by atomic mass is 9.97. The van der Waals surface area contributed by atoms with E-state index < -0.39 is 11.9 Å². The molecule has 0 aromatic heterocycles. The van der Waals surface area contributed by atoms with Crippen molar-refractivity contribution in [2.24, 2.45) is 11.8 Å². The number of benzene rings is 5. The van der Waals surface area contributed by atoms with Gasteiger partial charge in [-0.3, -0.25) is 9.59 Å². The summed E-state index contributed by atoms with van der Waals surface area (Å²) in [5.41, 5.74) is 8.45. The third kappa shape index (κ3) is 9.62. The number of unbranched alkanes of at least 4 members (excludes halogenated alkanes) is 2. The van der Waals surface area contributed by atoms with Gasteiger partial charge in [-0.05, 0) is 120 Å². The predicted octanol–water partition coefficient (Wildman–Crippen LogP) is 13.2. The Kier molecular flexibility index (Phi) is 14.7. The average molecular weight is 923 g/mol. The molecule has 64 heavy (non-hydrogen) atoms. The number of rotatable bonds is 20. The van der Waals surface area contributed by atoms with E-state index >= 15 is 9.59 Å². The zero-order valence-electron chi connectivity index (χ0n) is 37.0. The van der Waals surface area contributed by atoms with Crippen LogP contribution in [0.5, 0.6) is 0 Å². The number of fused-ring (bicyclic) bond motifs is 1. The molecule has 2 aliphatic rings. The number of carboxylic acid groups (broad SMARTS) is 2. The van der Waals surface area contributed by atoms with Crippen molar-refractivity contribution in [3.63, 3.8) is 0 Å². The number of hydrogen-bond donors (Lipinski definition) is 2. The number of amides is 2. The van der Waals surface area contributed by atoms with Crippen LogP contribution in [-0.4, -0.2) is 56.9 Å². The number of anilines is 3. The Labute approximate surface area is 384 Å². The third-order valence-electron chi connectivity index (χ3n) is 12.6. The van der Waals surface area contributed by atoms with Crippen molar-refractivity contribution in [3.8, 4) is 11.1 Å². The van der Waals surface area contributed by atoms with Gasteiger partial charge in [0.25, 0.3) is 11.8 Å². The molecule has 5 aromatic carbocycles. The third-order valence-corrected chi connectivity index (χ3v) is 13.2. The number of aromatic carboxylic acids is 2. The van der Waals surface area contributed by atoms with E-state index in [1.54, 1.807) is 48.5 Å². The van der Waals surface area contributed by atoms with Gasteiger partial charge in [0, 0.05) is 34.6 Å². The van der Waals surface area contributed by atoms with E-state index in [1.807, 2.05) is 87.5 Å². The predicted molar refractivity (Wildman–Crippen MR) is 258 cm³/mol. The zero-order chi connectivity index (χ0) is 45.5. The Morgan fingerprint density at radius 2 is 0.844 bits per heavy atom. The molecule has 5 aromatic rings. The number of carbonyl (C=O) groups is 4. The van der Waals surface area contributed by atoms with Gasteiger partial charge in [0.15, 0.2) is 0 Å². The standard InChI is InChI=1S/C54H56BrN3O6/c1-5-9-11-35(7-3)33-56-49(47-48(52(56)60)50(40-17-25-43(55)26-18-40)57(51(47)59)34-36(8-4)12-10-6-2)39-15-13-37(14-16-39)38-19-27-44(28-20-38)58(45-29-21-41(22-30-45)53(61)62)46-31-23-42(24-32-46)54(63)64/h13-32,35-36H,5-12,33-34H2,1-4H3,(H,61,62)(H,63,64). The topological polar surface area (TPSA) is 118 Å². The maximum absolute atomic E-state index is 15.0. The number of hydrogen-bond acceptors (Lipinski definition) is 5. The molecule has 2 N–H and O–H groups in total. The summed E-state index contributed by atoms with van der Waals surface area (Å²) in [6, 6.07) is 37.1. The molecule has 0 radical (unpaired) electrons. The molecule has 0 fully saturated rings. The van der Waals surface area contributed by atoms with Gasteiger partial charge in [-0.2, -0.15) is 0 Å². The van der Waals surface area contributed by atoms with Crippen LogP contribution in [0.2, 0.25) is 0 Å². The van der Waals surface area contributed by atoms with Crippen LogP contribution >= 0.6 is 15.9 Å².